The highest BCUT2D eigenvalue weighted by molar-refractivity contribution is 6.03. The van der Waals surface area contributed by atoms with Gasteiger partial charge in [0.15, 0.2) is 23.1 Å². The van der Waals surface area contributed by atoms with Crippen molar-refractivity contribution in [3.63, 3.8) is 0 Å². The summed E-state index contributed by atoms with van der Waals surface area (Å²) < 4.78 is 20.8. The Morgan fingerprint density at radius 1 is 0.579 bits per heavy atom. The molecule has 0 radical (unpaired) electrons. The van der Waals surface area contributed by atoms with Crippen molar-refractivity contribution >= 4 is 23.1 Å². The maximum atomic E-state index is 12.0. The number of benzene rings is 3. The molecule has 0 saturated carbocycles. The zero-order chi connectivity index (χ0) is 38.7. The molecule has 12 nitrogen and oxygen atoms in total. The number of nitrogens with zero attached hydrogens (tertiary/aromatic N) is 3. The van der Waals surface area contributed by atoms with Crippen LogP contribution in [0, 0.1) is 11.8 Å². The Kier molecular flexibility index (Phi) is 16.6. The Morgan fingerprint density at radius 2 is 1.02 bits per heavy atom. The summed E-state index contributed by atoms with van der Waals surface area (Å²) >= 11 is 0. The molecule has 3 aromatic carbocycles. The predicted octanol–water partition coefficient (Wildman–Crippen LogP) is 5.10. The number of fused-ring (bicyclic) bond motifs is 2. The van der Waals surface area contributed by atoms with Crippen LogP contribution >= 0.6 is 0 Å². The number of hydrogen-bond donors (Lipinski definition) is 1. The molecule has 3 aromatic rings. The van der Waals surface area contributed by atoms with Gasteiger partial charge in [0.05, 0.1) is 78.1 Å². The van der Waals surface area contributed by atoms with Gasteiger partial charge in [0.25, 0.3) is 0 Å². The van der Waals surface area contributed by atoms with Crippen LogP contribution in [0.4, 0.5) is 0 Å². The first kappa shape index (κ1) is 44.4. The van der Waals surface area contributed by atoms with Gasteiger partial charge in [0.2, 0.25) is 0 Å². The van der Waals surface area contributed by atoms with Crippen LogP contribution in [-0.4, -0.2) is 111 Å². The lowest BCUT2D eigenvalue weighted by molar-refractivity contribution is -0.133. The summed E-state index contributed by atoms with van der Waals surface area (Å²) in [6.45, 7) is 5.70. The van der Waals surface area contributed by atoms with Crippen molar-refractivity contribution in [3.8, 4) is 17.2 Å². The molecule has 306 valence electrons. The first-order valence-electron chi connectivity index (χ1n) is 18.6. The molecule has 3 saturated heterocycles. The summed E-state index contributed by atoms with van der Waals surface area (Å²) in [6.07, 6.45) is 7.52. The van der Waals surface area contributed by atoms with Crippen molar-refractivity contribution < 1.29 is 38.1 Å². The van der Waals surface area contributed by atoms with E-state index in [-0.39, 0.29) is 62.6 Å². The third kappa shape index (κ3) is 12.3. The summed E-state index contributed by atoms with van der Waals surface area (Å²) in [7, 11) is 4.94. The van der Waals surface area contributed by atoms with E-state index >= 15 is 0 Å². The summed E-state index contributed by atoms with van der Waals surface area (Å²) in [6, 6.07) is 23.9. The molecule has 4 atom stereocenters. The Morgan fingerprint density at radius 3 is 1.49 bits per heavy atom. The van der Waals surface area contributed by atoms with Crippen molar-refractivity contribution in [1.82, 2.24) is 20.0 Å². The second-order valence-corrected chi connectivity index (χ2v) is 14.4. The van der Waals surface area contributed by atoms with E-state index < -0.39 is 0 Å². The molecule has 0 aromatic heterocycles. The van der Waals surface area contributed by atoms with Crippen LogP contribution in [0.5, 0.6) is 17.2 Å². The normalized spacial score (nSPS) is 22.5. The van der Waals surface area contributed by atoms with Gasteiger partial charge in [-0.1, -0.05) is 57.3 Å². The van der Waals surface area contributed by atoms with E-state index in [0.717, 1.165) is 49.0 Å². The van der Waals surface area contributed by atoms with Gasteiger partial charge in [-0.05, 0) is 65.4 Å². The van der Waals surface area contributed by atoms with E-state index in [9.17, 15) is 19.2 Å². The number of hydrogen-bond acceptors (Lipinski definition) is 12. The Bertz CT molecular complexity index is 1730. The number of carbonyl (C=O) groups excluding carboxylic acids is 4. The van der Waals surface area contributed by atoms with Crippen LogP contribution in [0.25, 0.3) is 0 Å². The molecule has 4 unspecified atom stereocenters. The topological polar surface area (TPSA) is 127 Å². The van der Waals surface area contributed by atoms with Crippen LogP contribution in [0.3, 0.4) is 0 Å². The fourth-order valence-electron chi connectivity index (χ4n) is 7.45. The smallest absolute Gasteiger partial charge is 0.157 e. The standard InChI is InChI=1S/C15H18N2O2.C15H17NO3.C13H15NO3.2CH4/c1-19-12-4-2-11(3-5-12)8-17-9-14-13(6-7-16-14)15(18)10-17;1-18-12-4-2-11(3-5-12)8-16-9-14(17)13-6-7-19-15(13)10-16;1-17-13-4-2-10(3-5-13)7-14-8-11(15)6-12(16)9-14;;/h2-7,13-14,16H,8-10H2,1H3;2-7,13,15H,8-10H2,1H3;2-5H,6-9H2,1H3;2*1H4. The molecule has 5 heterocycles. The minimum atomic E-state index is -0.0351. The molecular formula is C45H58N4O8. The van der Waals surface area contributed by atoms with Crippen molar-refractivity contribution in [1.29, 1.82) is 0 Å². The zero-order valence-corrected chi connectivity index (χ0v) is 31.7. The Balaban J connectivity index is 0.000000187. The number of carbonyl (C=O) groups is 4. The number of likely N-dealkylation sites (tertiary alicyclic amines) is 3. The number of nitrogens with one attached hydrogen (secondary N) is 1. The molecule has 0 bridgehead atoms. The van der Waals surface area contributed by atoms with Crippen LogP contribution in [0.15, 0.2) is 97.4 Å². The molecule has 0 aliphatic carbocycles. The lowest BCUT2D eigenvalue weighted by atomic mass is 9.92. The predicted molar refractivity (Wildman–Crippen MR) is 220 cm³/mol. The molecule has 3 fully saturated rings. The number of piperidine rings is 3. The molecule has 12 heteroatoms. The second kappa shape index (κ2) is 21.3. The molecule has 0 amide bonds. The van der Waals surface area contributed by atoms with Gasteiger partial charge in [-0.15, -0.1) is 0 Å². The van der Waals surface area contributed by atoms with E-state index in [4.69, 9.17) is 18.9 Å². The van der Waals surface area contributed by atoms with Crippen molar-refractivity contribution in [2.45, 2.75) is 53.1 Å². The van der Waals surface area contributed by atoms with Gasteiger partial charge in [0, 0.05) is 32.7 Å². The van der Waals surface area contributed by atoms with Crippen molar-refractivity contribution in [2.24, 2.45) is 11.8 Å². The number of ether oxygens (including phenoxy) is 4. The van der Waals surface area contributed by atoms with Gasteiger partial charge in [-0.2, -0.15) is 0 Å². The molecule has 5 aliphatic rings. The fourth-order valence-corrected chi connectivity index (χ4v) is 7.45. The first-order chi connectivity index (χ1) is 26.7. The highest BCUT2D eigenvalue weighted by Crippen LogP contribution is 2.26. The number of methoxy groups -OCH3 is 3. The van der Waals surface area contributed by atoms with Crippen molar-refractivity contribution in [3.05, 3.63) is 114 Å². The molecule has 8 rings (SSSR count). The quantitative estimate of drug-likeness (QED) is 0.291. The molecule has 1 N–H and O–H groups in total. The van der Waals surface area contributed by atoms with Gasteiger partial charge in [-0.25, -0.2) is 0 Å². The summed E-state index contributed by atoms with van der Waals surface area (Å²) in [5.74, 6) is 3.13. The summed E-state index contributed by atoms with van der Waals surface area (Å²) in [5, 5.41) is 3.26. The van der Waals surface area contributed by atoms with E-state index in [1.165, 1.54) is 11.1 Å². The fraction of sp³-hybridized carbons (Fsp3) is 0.422. The maximum Gasteiger partial charge on any atom is 0.157 e. The zero-order valence-electron chi connectivity index (χ0n) is 31.7. The maximum absolute atomic E-state index is 12.0. The minimum Gasteiger partial charge on any atom is -0.497 e. The molecule has 57 heavy (non-hydrogen) atoms. The van der Waals surface area contributed by atoms with Crippen LogP contribution in [0.1, 0.15) is 38.0 Å². The van der Waals surface area contributed by atoms with E-state index in [1.54, 1.807) is 27.6 Å². The number of Topliss-reactive ketones (excluding diaryl/α,β-unsaturated/α-hetero) is 4. The Labute approximate surface area is 337 Å². The SMILES string of the molecule is C.C.COc1ccc(CN2CC(=O)C3C=CNC3C2)cc1.COc1ccc(CN2CC(=O)C3C=COC3C2)cc1.COc1ccc(CN2CC(=O)CC(=O)C2)cc1. The van der Waals surface area contributed by atoms with E-state index in [1.807, 2.05) is 83.9 Å². The summed E-state index contributed by atoms with van der Waals surface area (Å²) in [5.41, 5.74) is 3.46. The number of ketones is 4. The van der Waals surface area contributed by atoms with Crippen molar-refractivity contribution in [2.75, 3.05) is 60.6 Å². The summed E-state index contributed by atoms with van der Waals surface area (Å²) in [4.78, 5) is 52.8. The van der Waals surface area contributed by atoms with Gasteiger partial charge in [-0.3, -0.25) is 33.9 Å². The lowest BCUT2D eigenvalue weighted by Gasteiger charge is -2.33. The lowest BCUT2D eigenvalue weighted by Crippen LogP contribution is -2.51. The van der Waals surface area contributed by atoms with E-state index in [2.05, 4.69) is 27.2 Å². The van der Waals surface area contributed by atoms with Gasteiger partial charge in [0.1, 0.15) is 23.4 Å². The third-order valence-electron chi connectivity index (χ3n) is 10.3. The van der Waals surface area contributed by atoms with Crippen LogP contribution in [0.2, 0.25) is 0 Å². The highest BCUT2D eigenvalue weighted by Gasteiger charge is 2.38. The Hall–Kier alpha value is -5.30. The largest absolute Gasteiger partial charge is 0.497 e. The highest BCUT2D eigenvalue weighted by atomic mass is 16.5. The monoisotopic (exact) mass is 782 g/mol. The minimum absolute atomic E-state index is 0. The van der Waals surface area contributed by atoms with Crippen LogP contribution in [-0.2, 0) is 43.5 Å². The first-order valence-corrected chi connectivity index (χ1v) is 18.6. The van der Waals surface area contributed by atoms with E-state index in [0.29, 0.717) is 38.5 Å². The third-order valence-corrected chi connectivity index (χ3v) is 10.3. The average Bonchev–Trinajstić information content (AvgIpc) is 3.87. The second-order valence-electron chi connectivity index (χ2n) is 14.4. The average molecular weight is 783 g/mol. The van der Waals surface area contributed by atoms with Gasteiger partial charge < -0.3 is 24.3 Å². The van der Waals surface area contributed by atoms with Gasteiger partial charge >= 0.3 is 0 Å². The molecule has 0 spiro atoms. The molecule has 5 aliphatic heterocycles. The van der Waals surface area contributed by atoms with Crippen LogP contribution < -0.4 is 19.5 Å². The number of rotatable bonds is 9. The molecular weight excluding hydrogens is 725 g/mol.